The summed E-state index contributed by atoms with van der Waals surface area (Å²) in [5.41, 5.74) is -1.70. The molecule has 182 valence electrons. The summed E-state index contributed by atoms with van der Waals surface area (Å²) in [5, 5.41) is 21.6. The second kappa shape index (κ2) is 8.42. The normalized spacial score (nSPS) is 46.2. The lowest BCUT2D eigenvalue weighted by Gasteiger charge is -2.61. The highest BCUT2D eigenvalue weighted by atomic mass is 79.9. The van der Waals surface area contributed by atoms with E-state index in [4.69, 9.17) is 4.74 Å². The lowest BCUT2D eigenvalue weighted by molar-refractivity contribution is -0.204. The first-order valence-electron chi connectivity index (χ1n) is 12.1. The summed E-state index contributed by atoms with van der Waals surface area (Å²) in [6.45, 7) is 7.15. The van der Waals surface area contributed by atoms with Crippen molar-refractivity contribution in [3.63, 3.8) is 0 Å². The zero-order valence-electron chi connectivity index (χ0n) is 19.8. The second-order valence-electron chi connectivity index (χ2n) is 11.0. The Bertz CT molecular complexity index is 926. The van der Waals surface area contributed by atoms with Gasteiger partial charge in [0.2, 0.25) is 5.78 Å². The predicted octanol–water partition coefficient (Wildman–Crippen LogP) is 3.53. The molecule has 0 heterocycles. The maximum Gasteiger partial charge on any atom is 0.306 e. The Balaban J connectivity index is 1.82. The standard InChI is InChI=1S/C26H35BrO6/c1-5-6-21(32)33-26(20(31)13-28)14(2)9-17-22-18(27)11-15-10-16(29)7-8-24(15,3)23(22)19(30)12-25(17,26)4/h7-8,10,14,17-19,22-23,28,30H,5-6,9,11-13H2,1-4H3/t14?,17-,18?,19?,22+,23-,24-,25-,26-/m0/s1. The highest BCUT2D eigenvalue weighted by Crippen LogP contribution is 2.69. The first kappa shape index (κ1) is 24.8. The molecule has 2 N–H and O–H groups in total. The van der Waals surface area contributed by atoms with Gasteiger partial charge in [0.15, 0.2) is 11.4 Å². The van der Waals surface area contributed by atoms with Gasteiger partial charge in [-0.25, -0.2) is 0 Å². The van der Waals surface area contributed by atoms with Crippen molar-refractivity contribution in [1.82, 2.24) is 0 Å². The topological polar surface area (TPSA) is 101 Å². The molecule has 0 spiro atoms. The van der Waals surface area contributed by atoms with E-state index in [1.165, 1.54) is 0 Å². The van der Waals surface area contributed by atoms with Crippen molar-refractivity contribution in [2.75, 3.05) is 6.61 Å². The number of Topliss-reactive ketones (excluding diaryl/α,β-unsaturated/α-hetero) is 1. The summed E-state index contributed by atoms with van der Waals surface area (Å²) < 4.78 is 6.04. The molecule has 0 aliphatic heterocycles. The number of carbonyl (C=O) groups is 3. The SMILES string of the molecule is CCCC(=O)O[C@]1(C(=O)CO)C(C)C[C@H]2[C@@H]3C(Br)CC4=CC(=O)C=C[C@]4(C)[C@H]3C(O)C[C@@]21C. The number of ether oxygens (including phenoxy) is 1. The van der Waals surface area contributed by atoms with Crippen LogP contribution in [0, 0.1) is 34.5 Å². The van der Waals surface area contributed by atoms with Crippen LogP contribution >= 0.6 is 15.9 Å². The summed E-state index contributed by atoms with van der Waals surface area (Å²) in [6, 6.07) is 0. The molecule has 3 unspecified atom stereocenters. The van der Waals surface area contributed by atoms with E-state index in [0.29, 0.717) is 25.7 Å². The highest BCUT2D eigenvalue weighted by molar-refractivity contribution is 9.09. The van der Waals surface area contributed by atoms with Crippen molar-refractivity contribution in [3.8, 4) is 0 Å². The van der Waals surface area contributed by atoms with E-state index in [1.54, 1.807) is 12.2 Å². The molecule has 6 nitrogen and oxygen atoms in total. The van der Waals surface area contributed by atoms with Gasteiger partial charge in [-0.3, -0.25) is 14.4 Å². The number of allylic oxidation sites excluding steroid dienone is 4. The molecule has 0 aromatic carbocycles. The van der Waals surface area contributed by atoms with Crippen LogP contribution in [0.4, 0.5) is 0 Å². The van der Waals surface area contributed by atoms with Crippen LogP contribution in [-0.4, -0.2) is 50.9 Å². The van der Waals surface area contributed by atoms with Crippen LogP contribution < -0.4 is 0 Å². The van der Waals surface area contributed by atoms with Gasteiger partial charge >= 0.3 is 5.97 Å². The van der Waals surface area contributed by atoms with Gasteiger partial charge in [0.1, 0.15) is 6.61 Å². The number of esters is 1. The molecule has 9 atom stereocenters. The van der Waals surface area contributed by atoms with Crippen LogP contribution in [0.15, 0.2) is 23.8 Å². The minimum Gasteiger partial charge on any atom is -0.450 e. The van der Waals surface area contributed by atoms with Crippen LogP contribution in [0.5, 0.6) is 0 Å². The minimum atomic E-state index is -1.47. The summed E-state index contributed by atoms with van der Waals surface area (Å²) in [7, 11) is 0. The number of hydrogen-bond acceptors (Lipinski definition) is 6. The molecule has 0 saturated heterocycles. The molecule has 0 aromatic heterocycles. The summed E-state index contributed by atoms with van der Waals surface area (Å²) in [5.74, 6) is -1.35. The third kappa shape index (κ3) is 3.36. The number of rotatable bonds is 5. The fraction of sp³-hybridized carbons (Fsp3) is 0.731. The zero-order valence-corrected chi connectivity index (χ0v) is 21.4. The van der Waals surface area contributed by atoms with E-state index in [9.17, 15) is 24.6 Å². The van der Waals surface area contributed by atoms with E-state index < -0.39 is 40.9 Å². The van der Waals surface area contributed by atoms with Crippen molar-refractivity contribution in [1.29, 1.82) is 0 Å². The first-order chi connectivity index (χ1) is 15.5. The molecule has 0 radical (unpaired) electrons. The maximum atomic E-state index is 13.3. The van der Waals surface area contributed by atoms with Crippen LogP contribution in [-0.2, 0) is 19.1 Å². The Labute approximate surface area is 204 Å². The van der Waals surface area contributed by atoms with Gasteiger partial charge < -0.3 is 14.9 Å². The van der Waals surface area contributed by atoms with Gasteiger partial charge in [-0.2, -0.15) is 0 Å². The number of carbonyl (C=O) groups excluding carboxylic acids is 3. The molecule has 4 rings (SSSR count). The van der Waals surface area contributed by atoms with Crippen molar-refractivity contribution in [3.05, 3.63) is 23.8 Å². The van der Waals surface area contributed by atoms with E-state index in [0.717, 1.165) is 5.57 Å². The quantitative estimate of drug-likeness (QED) is 0.423. The van der Waals surface area contributed by atoms with E-state index in [1.807, 2.05) is 26.8 Å². The summed E-state index contributed by atoms with van der Waals surface area (Å²) >= 11 is 3.88. The Morgan fingerprint density at radius 1 is 1.30 bits per heavy atom. The van der Waals surface area contributed by atoms with Crippen LogP contribution in [0.25, 0.3) is 0 Å². The molecule has 3 fully saturated rings. The largest absolute Gasteiger partial charge is 0.450 e. The number of hydrogen-bond donors (Lipinski definition) is 2. The third-order valence-corrected chi connectivity index (χ3v) is 10.2. The van der Waals surface area contributed by atoms with Gasteiger partial charge in [0, 0.05) is 33.9 Å². The molecule has 0 bridgehead atoms. The van der Waals surface area contributed by atoms with Crippen LogP contribution in [0.1, 0.15) is 59.8 Å². The summed E-state index contributed by atoms with van der Waals surface area (Å²) in [4.78, 5) is 38.1. The van der Waals surface area contributed by atoms with E-state index >= 15 is 0 Å². The van der Waals surface area contributed by atoms with E-state index in [2.05, 4.69) is 22.9 Å². The average Bonchev–Trinajstić information content (AvgIpc) is 2.96. The Morgan fingerprint density at radius 2 is 2.00 bits per heavy atom. The van der Waals surface area contributed by atoms with Crippen molar-refractivity contribution in [2.24, 2.45) is 34.5 Å². The van der Waals surface area contributed by atoms with Gasteiger partial charge in [-0.1, -0.05) is 55.3 Å². The molecule has 4 aliphatic rings. The van der Waals surface area contributed by atoms with Crippen LogP contribution in [0.2, 0.25) is 0 Å². The molecule has 3 saturated carbocycles. The second-order valence-corrected chi connectivity index (χ2v) is 12.2. The fourth-order valence-electron chi connectivity index (χ4n) is 7.98. The van der Waals surface area contributed by atoms with Gasteiger partial charge in [0.25, 0.3) is 0 Å². The molecule has 0 aromatic rings. The van der Waals surface area contributed by atoms with E-state index in [-0.39, 0.29) is 40.7 Å². The fourth-order valence-corrected chi connectivity index (χ4v) is 9.03. The lowest BCUT2D eigenvalue weighted by Crippen LogP contribution is -2.65. The Kier molecular flexibility index (Phi) is 6.33. The molecular weight excluding hydrogens is 488 g/mol. The molecule has 33 heavy (non-hydrogen) atoms. The average molecular weight is 523 g/mol. The van der Waals surface area contributed by atoms with Gasteiger partial charge in [-0.05, 0) is 49.7 Å². The van der Waals surface area contributed by atoms with Crippen LogP contribution in [0.3, 0.4) is 0 Å². The Morgan fingerprint density at radius 3 is 2.64 bits per heavy atom. The van der Waals surface area contributed by atoms with Crippen molar-refractivity contribution >= 4 is 33.5 Å². The number of alkyl halides is 1. The lowest BCUT2D eigenvalue weighted by atomic mass is 9.46. The highest BCUT2D eigenvalue weighted by Gasteiger charge is 2.73. The maximum absolute atomic E-state index is 13.3. The minimum absolute atomic E-state index is 0.000366. The summed E-state index contributed by atoms with van der Waals surface area (Å²) in [6.07, 6.45) is 6.92. The van der Waals surface area contributed by atoms with Gasteiger partial charge in [-0.15, -0.1) is 0 Å². The number of ketones is 2. The number of fused-ring (bicyclic) bond motifs is 5. The number of halogens is 1. The molecular formula is C26H35BrO6. The molecule has 4 aliphatic carbocycles. The third-order valence-electron chi connectivity index (χ3n) is 9.31. The van der Waals surface area contributed by atoms with Crippen molar-refractivity contribution in [2.45, 2.75) is 76.3 Å². The first-order valence-corrected chi connectivity index (χ1v) is 13.0. The molecule has 7 heteroatoms. The Hall–Kier alpha value is -1.31. The van der Waals surface area contributed by atoms with Gasteiger partial charge in [0.05, 0.1) is 6.10 Å². The smallest absolute Gasteiger partial charge is 0.306 e. The number of aliphatic hydroxyl groups excluding tert-OH is 2. The number of aliphatic hydroxyl groups is 2. The van der Waals surface area contributed by atoms with Crippen molar-refractivity contribution < 1.29 is 29.3 Å². The molecule has 0 amide bonds. The predicted molar refractivity (Wildman–Crippen MR) is 126 cm³/mol. The monoisotopic (exact) mass is 522 g/mol. The zero-order chi connectivity index (χ0) is 24.3.